The summed E-state index contributed by atoms with van der Waals surface area (Å²) in [5.74, 6) is 1.05. The molecule has 1 aliphatic heterocycles. The summed E-state index contributed by atoms with van der Waals surface area (Å²) in [5.41, 5.74) is 1.39. The molecule has 3 heteroatoms. The Balaban J connectivity index is 1.54. The Morgan fingerprint density at radius 1 is 1.20 bits per heavy atom. The van der Waals surface area contributed by atoms with Crippen LogP contribution >= 0.6 is 0 Å². The summed E-state index contributed by atoms with van der Waals surface area (Å²) in [4.78, 5) is 4.78. The molecule has 0 bridgehead atoms. The summed E-state index contributed by atoms with van der Waals surface area (Å²) in [5, 5.41) is 10.5. The van der Waals surface area contributed by atoms with Gasteiger partial charge < -0.3 is 14.9 Å². The number of likely N-dealkylation sites (N-methyl/N-ethyl adjacent to an activating group) is 2. The van der Waals surface area contributed by atoms with E-state index in [-0.39, 0.29) is 6.10 Å². The van der Waals surface area contributed by atoms with Crippen molar-refractivity contribution in [3.8, 4) is 0 Å². The van der Waals surface area contributed by atoms with Crippen LogP contribution in [0.15, 0.2) is 30.3 Å². The average molecular weight is 274 g/mol. The van der Waals surface area contributed by atoms with Gasteiger partial charge in [-0.2, -0.15) is 0 Å². The van der Waals surface area contributed by atoms with Gasteiger partial charge in [-0.1, -0.05) is 30.3 Å². The molecule has 1 N–H and O–H groups in total. The Hall–Kier alpha value is -0.900. The third-order valence-electron chi connectivity index (χ3n) is 5.06. The maximum Gasteiger partial charge on any atom is 0.0589 e. The van der Waals surface area contributed by atoms with Crippen molar-refractivity contribution in [3.63, 3.8) is 0 Å². The molecule has 3 nitrogen and oxygen atoms in total. The fourth-order valence-corrected chi connectivity index (χ4v) is 3.53. The number of rotatable bonds is 4. The summed E-state index contributed by atoms with van der Waals surface area (Å²) in [7, 11) is 4.36. The van der Waals surface area contributed by atoms with Crippen molar-refractivity contribution in [2.45, 2.75) is 30.9 Å². The smallest absolute Gasteiger partial charge is 0.0589 e. The second-order valence-electron chi connectivity index (χ2n) is 6.62. The Labute approximate surface area is 122 Å². The molecular weight excluding hydrogens is 248 g/mol. The van der Waals surface area contributed by atoms with Crippen LogP contribution in [-0.2, 0) is 0 Å². The molecule has 2 aliphatic rings. The van der Waals surface area contributed by atoms with E-state index in [0.717, 1.165) is 32.5 Å². The average Bonchev–Trinajstić information content (AvgIpc) is 3.24. The second kappa shape index (κ2) is 5.84. The molecule has 1 saturated carbocycles. The molecule has 4 atom stereocenters. The lowest BCUT2D eigenvalue weighted by Crippen LogP contribution is -2.51. The van der Waals surface area contributed by atoms with Gasteiger partial charge in [0.1, 0.15) is 0 Å². The number of piperazine rings is 1. The number of aliphatic hydroxyl groups excluding tert-OH is 1. The topological polar surface area (TPSA) is 26.7 Å². The molecule has 2 fully saturated rings. The van der Waals surface area contributed by atoms with Gasteiger partial charge in [-0.25, -0.2) is 0 Å². The van der Waals surface area contributed by atoms with Gasteiger partial charge in [0.2, 0.25) is 0 Å². The maximum atomic E-state index is 10.5. The zero-order valence-electron chi connectivity index (χ0n) is 12.6. The van der Waals surface area contributed by atoms with Gasteiger partial charge in [-0.15, -0.1) is 0 Å². The summed E-state index contributed by atoms with van der Waals surface area (Å²) >= 11 is 0. The molecule has 0 radical (unpaired) electrons. The monoisotopic (exact) mass is 274 g/mol. The molecule has 20 heavy (non-hydrogen) atoms. The van der Waals surface area contributed by atoms with Gasteiger partial charge in [0.05, 0.1) is 6.10 Å². The van der Waals surface area contributed by atoms with E-state index in [4.69, 9.17) is 0 Å². The Morgan fingerprint density at radius 3 is 2.70 bits per heavy atom. The second-order valence-corrected chi connectivity index (χ2v) is 6.62. The van der Waals surface area contributed by atoms with E-state index in [1.807, 2.05) is 0 Å². The van der Waals surface area contributed by atoms with Gasteiger partial charge in [0.15, 0.2) is 0 Å². The number of benzene rings is 1. The molecule has 1 saturated heterocycles. The van der Waals surface area contributed by atoms with Crippen LogP contribution in [0.5, 0.6) is 0 Å². The molecule has 0 aromatic heterocycles. The predicted octanol–water partition coefficient (Wildman–Crippen LogP) is 1.79. The van der Waals surface area contributed by atoms with Crippen molar-refractivity contribution in [1.29, 1.82) is 0 Å². The molecule has 0 amide bonds. The standard InChI is InChI=1S/C17H26N2O/c1-18-8-9-19(2)14(12-18)10-17(20)16-11-15(16)13-6-4-3-5-7-13/h3-7,14-17,20H,8-12H2,1-2H3. The molecule has 110 valence electrons. The Kier molecular flexibility index (Phi) is 4.11. The minimum atomic E-state index is -0.154. The van der Waals surface area contributed by atoms with Crippen LogP contribution in [0.25, 0.3) is 0 Å². The zero-order valence-corrected chi connectivity index (χ0v) is 12.6. The van der Waals surface area contributed by atoms with Gasteiger partial charge in [0, 0.05) is 25.7 Å². The molecule has 1 aromatic carbocycles. The highest BCUT2D eigenvalue weighted by atomic mass is 16.3. The normalized spacial score (nSPS) is 33.0. The lowest BCUT2D eigenvalue weighted by atomic mass is 9.99. The summed E-state index contributed by atoms with van der Waals surface area (Å²) < 4.78 is 0. The van der Waals surface area contributed by atoms with Gasteiger partial charge >= 0.3 is 0 Å². The molecule has 1 aliphatic carbocycles. The van der Waals surface area contributed by atoms with E-state index in [1.165, 1.54) is 5.56 Å². The van der Waals surface area contributed by atoms with Gasteiger partial charge in [-0.3, -0.25) is 0 Å². The van der Waals surface area contributed by atoms with Crippen LogP contribution in [0.1, 0.15) is 24.3 Å². The van der Waals surface area contributed by atoms with Crippen molar-refractivity contribution in [2.75, 3.05) is 33.7 Å². The summed E-state index contributed by atoms with van der Waals surface area (Å²) in [6.45, 7) is 3.33. The summed E-state index contributed by atoms with van der Waals surface area (Å²) in [6.07, 6.45) is 1.91. The van der Waals surface area contributed by atoms with E-state index in [2.05, 4.69) is 54.2 Å². The van der Waals surface area contributed by atoms with Crippen LogP contribution in [-0.4, -0.2) is 60.8 Å². The van der Waals surface area contributed by atoms with Gasteiger partial charge in [0.25, 0.3) is 0 Å². The van der Waals surface area contributed by atoms with E-state index in [1.54, 1.807) is 0 Å². The van der Waals surface area contributed by atoms with Crippen LogP contribution in [0.2, 0.25) is 0 Å². The predicted molar refractivity (Wildman–Crippen MR) is 81.8 cm³/mol. The van der Waals surface area contributed by atoms with Crippen molar-refractivity contribution < 1.29 is 5.11 Å². The maximum absolute atomic E-state index is 10.5. The first-order valence-electron chi connectivity index (χ1n) is 7.77. The van der Waals surface area contributed by atoms with Crippen LogP contribution in [0.3, 0.4) is 0 Å². The molecule has 0 spiro atoms. The highest BCUT2D eigenvalue weighted by Crippen LogP contribution is 2.50. The van der Waals surface area contributed by atoms with Crippen molar-refractivity contribution in [2.24, 2.45) is 5.92 Å². The van der Waals surface area contributed by atoms with E-state index >= 15 is 0 Å². The first-order chi connectivity index (χ1) is 9.65. The lowest BCUT2D eigenvalue weighted by molar-refractivity contribution is 0.0542. The Bertz CT molecular complexity index is 436. The minimum Gasteiger partial charge on any atom is -0.393 e. The molecule has 3 rings (SSSR count). The van der Waals surface area contributed by atoms with Crippen molar-refractivity contribution in [1.82, 2.24) is 9.80 Å². The number of hydrogen-bond acceptors (Lipinski definition) is 3. The van der Waals surface area contributed by atoms with Crippen LogP contribution < -0.4 is 0 Å². The molecule has 1 aromatic rings. The molecule has 1 heterocycles. The fraction of sp³-hybridized carbons (Fsp3) is 0.647. The third kappa shape index (κ3) is 3.05. The Morgan fingerprint density at radius 2 is 1.95 bits per heavy atom. The minimum absolute atomic E-state index is 0.154. The number of nitrogens with zero attached hydrogens (tertiary/aromatic N) is 2. The SMILES string of the molecule is CN1CCN(C)C(CC(O)C2CC2c2ccccc2)C1. The third-order valence-corrected chi connectivity index (χ3v) is 5.06. The van der Waals surface area contributed by atoms with Crippen molar-refractivity contribution >= 4 is 0 Å². The van der Waals surface area contributed by atoms with Gasteiger partial charge in [-0.05, 0) is 44.3 Å². The van der Waals surface area contributed by atoms with E-state index < -0.39 is 0 Å². The first-order valence-corrected chi connectivity index (χ1v) is 7.77. The number of hydrogen-bond donors (Lipinski definition) is 1. The van der Waals surface area contributed by atoms with Crippen molar-refractivity contribution in [3.05, 3.63) is 35.9 Å². The molecule has 4 unspecified atom stereocenters. The lowest BCUT2D eigenvalue weighted by Gasteiger charge is -2.38. The van der Waals surface area contributed by atoms with Crippen LogP contribution in [0, 0.1) is 5.92 Å². The highest BCUT2D eigenvalue weighted by Gasteiger charge is 2.44. The van der Waals surface area contributed by atoms with E-state index in [0.29, 0.717) is 17.9 Å². The molecular formula is C17H26N2O. The zero-order chi connectivity index (χ0) is 14.1. The fourth-order valence-electron chi connectivity index (χ4n) is 3.53. The number of aliphatic hydroxyl groups is 1. The van der Waals surface area contributed by atoms with Crippen LogP contribution in [0.4, 0.5) is 0 Å². The quantitative estimate of drug-likeness (QED) is 0.907. The highest BCUT2D eigenvalue weighted by molar-refractivity contribution is 5.26. The largest absolute Gasteiger partial charge is 0.393 e. The first kappa shape index (κ1) is 14.1. The summed E-state index contributed by atoms with van der Waals surface area (Å²) in [6, 6.07) is 11.1. The van der Waals surface area contributed by atoms with E-state index in [9.17, 15) is 5.11 Å².